The van der Waals surface area contributed by atoms with E-state index in [0.717, 1.165) is 5.56 Å². The molecule has 7 nitrogen and oxygen atoms in total. The Bertz CT molecular complexity index is 798. The normalized spacial score (nSPS) is 10.5. The number of hydrogen-bond donors (Lipinski definition) is 3. The Balaban J connectivity index is 1.80. The number of carbonyl (C=O) groups excluding carboxylic acids is 3. The van der Waals surface area contributed by atoms with E-state index in [0.29, 0.717) is 24.3 Å². The van der Waals surface area contributed by atoms with E-state index in [1.165, 1.54) is 6.26 Å². The number of benzene rings is 1. The predicted molar refractivity (Wildman–Crippen MR) is 104 cm³/mol. The van der Waals surface area contributed by atoms with Gasteiger partial charge in [-0.15, -0.1) is 0 Å². The van der Waals surface area contributed by atoms with Crippen molar-refractivity contribution in [1.82, 2.24) is 5.32 Å². The summed E-state index contributed by atoms with van der Waals surface area (Å²) in [6.07, 6.45) is 2.20. The minimum atomic E-state index is -0.301. The summed E-state index contributed by atoms with van der Waals surface area (Å²) in [5, 5.41) is 8.36. The van der Waals surface area contributed by atoms with Gasteiger partial charge in [-0.05, 0) is 43.2 Å². The number of furan rings is 1. The quantitative estimate of drug-likeness (QED) is 0.620. The number of nitrogens with one attached hydrogen (secondary N) is 3. The molecule has 1 aromatic heterocycles. The van der Waals surface area contributed by atoms with E-state index in [1.54, 1.807) is 24.3 Å². The van der Waals surface area contributed by atoms with Gasteiger partial charge in [-0.2, -0.15) is 0 Å². The fraction of sp³-hybridized carbons (Fsp3) is 0.350. The molecule has 0 fully saturated rings. The summed E-state index contributed by atoms with van der Waals surface area (Å²) < 4.78 is 5.00. The molecule has 0 saturated carbocycles. The Hall–Kier alpha value is -3.09. The van der Waals surface area contributed by atoms with E-state index in [4.69, 9.17) is 4.42 Å². The lowest BCUT2D eigenvalue weighted by Gasteiger charge is -2.12. The van der Waals surface area contributed by atoms with Crippen LogP contribution in [0.2, 0.25) is 0 Å². The van der Waals surface area contributed by atoms with Gasteiger partial charge in [0.25, 0.3) is 5.91 Å². The van der Waals surface area contributed by atoms with Gasteiger partial charge in [0.1, 0.15) is 0 Å². The topological polar surface area (TPSA) is 100 Å². The molecule has 0 spiro atoms. The van der Waals surface area contributed by atoms with Crippen molar-refractivity contribution in [2.75, 3.05) is 17.2 Å². The van der Waals surface area contributed by atoms with Gasteiger partial charge in [0.05, 0.1) is 6.26 Å². The molecular formula is C20H25N3O4. The lowest BCUT2D eigenvalue weighted by molar-refractivity contribution is -0.119. The minimum Gasteiger partial charge on any atom is -0.459 e. The van der Waals surface area contributed by atoms with Gasteiger partial charge in [0.2, 0.25) is 11.8 Å². The summed E-state index contributed by atoms with van der Waals surface area (Å²) in [5.41, 5.74) is 2.19. The average Bonchev–Trinajstić information content (AvgIpc) is 3.16. The zero-order valence-corrected chi connectivity index (χ0v) is 15.8. The molecule has 7 heteroatoms. The maximum atomic E-state index is 12.2. The molecule has 0 radical (unpaired) electrons. The molecule has 1 aromatic carbocycles. The Morgan fingerprint density at radius 1 is 1.11 bits per heavy atom. The van der Waals surface area contributed by atoms with Crippen molar-refractivity contribution in [2.45, 2.75) is 33.6 Å². The summed E-state index contributed by atoms with van der Waals surface area (Å²) >= 11 is 0. The van der Waals surface area contributed by atoms with Crippen LogP contribution < -0.4 is 16.0 Å². The van der Waals surface area contributed by atoms with Crippen molar-refractivity contribution in [2.24, 2.45) is 5.92 Å². The number of hydrogen-bond acceptors (Lipinski definition) is 4. The Kier molecular flexibility index (Phi) is 7.16. The van der Waals surface area contributed by atoms with Crippen LogP contribution in [0.4, 0.5) is 11.4 Å². The van der Waals surface area contributed by atoms with Gasteiger partial charge in [-0.3, -0.25) is 14.4 Å². The number of amides is 3. The monoisotopic (exact) mass is 371 g/mol. The Morgan fingerprint density at radius 3 is 2.56 bits per heavy atom. The van der Waals surface area contributed by atoms with Crippen molar-refractivity contribution in [3.05, 3.63) is 47.9 Å². The second-order valence-corrected chi connectivity index (χ2v) is 6.56. The standard InChI is InChI=1S/C20H25N3O4/c1-13(2)19(25)22-15-9-8-14(3)16(12-15)23-18(24)7-4-10-21-20(26)17-6-5-11-27-17/h5-6,8-9,11-13H,4,7,10H2,1-3H3,(H,21,26)(H,22,25)(H,23,24). The Morgan fingerprint density at radius 2 is 1.89 bits per heavy atom. The second kappa shape index (κ2) is 9.56. The molecule has 0 aliphatic heterocycles. The number of rotatable bonds is 8. The molecule has 3 N–H and O–H groups in total. The maximum Gasteiger partial charge on any atom is 0.286 e. The summed E-state index contributed by atoms with van der Waals surface area (Å²) in [5.74, 6) is -0.415. The van der Waals surface area contributed by atoms with Gasteiger partial charge < -0.3 is 20.4 Å². The van der Waals surface area contributed by atoms with E-state index < -0.39 is 0 Å². The van der Waals surface area contributed by atoms with Gasteiger partial charge in [0.15, 0.2) is 5.76 Å². The highest BCUT2D eigenvalue weighted by Gasteiger charge is 2.11. The smallest absolute Gasteiger partial charge is 0.286 e. The van der Waals surface area contributed by atoms with Crippen molar-refractivity contribution in [3.63, 3.8) is 0 Å². The summed E-state index contributed by atoms with van der Waals surface area (Å²) in [7, 11) is 0. The third-order valence-corrected chi connectivity index (χ3v) is 3.91. The number of aryl methyl sites for hydroxylation is 1. The lowest BCUT2D eigenvalue weighted by Crippen LogP contribution is -2.25. The Labute approximate surface area is 158 Å². The summed E-state index contributed by atoms with van der Waals surface area (Å²) in [6, 6.07) is 8.61. The van der Waals surface area contributed by atoms with Crippen molar-refractivity contribution in [3.8, 4) is 0 Å². The molecule has 0 atom stereocenters. The maximum absolute atomic E-state index is 12.2. The van der Waals surface area contributed by atoms with Crippen LogP contribution in [-0.2, 0) is 9.59 Å². The third-order valence-electron chi connectivity index (χ3n) is 3.91. The average molecular weight is 371 g/mol. The van der Waals surface area contributed by atoms with Crippen LogP contribution in [0.15, 0.2) is 41.0 Å². The first-order valence-corrected chi connectivity index (χ1v) is 8.90. The van der Waals surface area contributed by atoms with Crippen molar-refractivity contribution in [1.29, 1.82) is 0 Å². The van der Waals surface area contributed by atoms with E-state index in [9.17, 15) is 14.4 Å². The molecule has 0 saturated heterocycles. The van der Waals surface area contributed by atoms with Gasteiger partial charge in [-0.1, -0.05) is 19.9 Å². The largest absolute Gasteiger partial charge is 0.459 e. The molecule has 27 heavy (non-hydrogen) atoms. The first-order chi connectivity index (χ1) is 12.9. The summed E-state index contributed by atoms with van der Waals surface area (Å²) in [6.45, 7) is 5.89. The molecule has 0 bridgehead atoms. The molecule has 3 amide bonds. The van der Waals surface area contributed by atoms with Crippen LogP contribution in [0, 0.1) is 12.8 Å². The summed E-state index contributed by atoms with van der Waals surface area (Å²) in [4.78, 5) is 35.7. The molecule has 0 unspecified atom stereocenters. The second-order valence-electron chi connectivity index (χ2n) is 6.56. The highest BCUT2D eigenvalue weighted by atomic mass is 16.3. The fourth-order valence-electron chi connectivity index (χ4n) is 2.28. The molecular weight excluding hydrogens is 346 g/mol. The molecule has 1 heterocycles. The molecule has 144 valence electrons. The van der Waals surface area contributed by atoms with Crippen LogP contribution in [-0.4, -0.2) is 24.3 Å². The van der Waals surface area contributed by atoms with Crippen LogP contribution in [0.25, 0.3) is 0 Å². The van der Waals surface area contributed by atoms with E-state index in [1.807, 2.05) is 26.8 Å². The van der Waals surface area contributed by atoms with Crippen LogP contribution in [0.5, 0.6) is 0 Å². The minimum absolute atomic E-state index is 0.0802. The van der Waals surface area contributed by atoms with E-state index in [2.05, 4.69) is 16.0 Å². The lowest BCUT2D eigenvalue weighted by atomic mass is 10.1. The molecule has 2 aromatic rings. The third kappa shape index (κ3) is 6.29. The van der Waals surface area contributed by atoms with Gasteiger partial charge >= 0.3 is 0 Å². The SMILES string of the molecule is Cc1ccc(NC(=O)C(C)C)cc1NC(=O)CCCNC(=O)c1ccco1. The number of anilines is 2. The first-order valence-electron chi connectivity index (χ1n) is 8.90. The zero-order chi connectivity index (χ0) is 19.8. The predicted octanol–water partition coefficient (Wildman–Crippen LogP) is 3.33. The number of carbonyl (C=O) groups is 3. The van der Waals surface area contributed by atoms with Crippen LogP contribution in [0.3, 0.4) is 0 Å². The molecule has 0 aliphatic rings. The van der Waals surface area contributed by atoms with Gasteiger partial charge in [0, 0.05) is 30.3 Å². The molecule has 0 aliphatic carbocycles. The van der Waals surface area contributed by atoms with Gasteiger partial charge in [-0.25, -0.2) is 0 Å². The first kappa shape index (κ1) is 20.2. The van der Waals surface area contributed by atoms with Crippen LogP contribution >= 0.6 is 0 Å². The molecule has 2 rings (SSSR count). The fourth-order valence-corrected chi connectivity index (χ4v) is 2.28. The highest BCUT2D eigenvalue weighted by molar-refractivity contribution is 5.95. The zero-order valence-electron chi connectivity index (χ0n) is 15.8. The van der Waals surface area contributed by atoms with Crippen LogP contribution in [0.1, 0.15) is 42.8 Å². The van der Waals surface area contributed by atoms with E-state index >= 15 is 0 Å². The van der Waals surface area contributed by atoms with Crippen molar-refractivity contribution >= 4 is 29.1 Å². The van der Waals surface area contributed by atoms with Crippen molar-refractivity contribution < 1.29 is 18.8 Å². The van der Waals surface area contributed by atoms with E-state index in [-0.39, 0.29) is 35.8 Å². The highest BCUT2D eigenvalue weighted by Crippen LogP contribution is 2.21.